The van der Waals surface area contributed by atoms with Crippen LogP contribution in [0.5, 0.6) is 0 Å². The number of aryl methyl sites for hydroxylation is 1. The van der Waals surface area contributed by atoms with Crippen LogP contribution in [0.25, 0.3) is 11.4 Å². The molecule has 0 radical (unpaired) electrons. The van der Waals surface area contributed by atoms with Crippen molar-refractivity contribution in [1.29, 1.82) is 0 Å². The van der Waals surface area contributed by atoms with E-state index in [1.807, 2.05) is 0 Å². The van der Waals surface area contributed by atoms with Gasteiger partial charge in [0.25, 0.3) is 0 Å². The molecule has 0 saturated heterocycles. The summed E-state index contributed by atoms with van der Waals surface area (Å²) in [6.45, 7) is 11.1. The molecule has 2 heterocycles. The van der Waals surface area contributed by atoms with Gasteiger partial charge >= 0.3 is 0 Å². The second-order valence-electron chi connectivity index (χ2n) is 8.77. The Bertz CT molecular complexity index is 1090. The van der Waals surface area contributed by atoms with Crippen molar-refractivity contribution in [2.24, 2.45) is 4.99 Å². The minimum Gasteiger partial charge on any atom is -0.318 e. The summed E-state index contributed by atoms with van der Waals surface area (Å²) in [4.78, 5) is 5.23. The Morgan fingerprint density at radius 3 is 2.23 bits per heavy atom. The molecular weight excluding hydrogens is 364 g/mol. The highest BCUT2D eigenvalue weighted by molar-refractivity contribution is 6.05. The van der Waals surface area contributed by atoms with Crippen LogP contribution in [0.2, 0.25) is 0 Å². The first-order valence-electron chi connectivity index (χ1n) is 11.1. The van der Waals surface area contributed by atoms with Crippen LogP contribution < -0.4 is 0 Å². The molecule has 1 aliphatic heterocycles. The van der Waals surface area contributed by atoms with Gasteiger partial charge in [0.05, 0.1) is 11.4 Å². The molecule has 1 aliphatic rings. The van der Waals surface area contributed by atoms with Gasteiger partial charge in [0.15, 0.2) is 0 Å². The molecule has 0 bridgehead atoms. The van der Waals surface area contributed by atoms with Crippen LogP contribution in [0.15, 0.2) is 71.2 Å². The Kier molecular flexibility index (Phi) is 5.76. The van der Waals surface area contributed by atoms with Crippen LogP contribution in [0, 0.1) is 13.8 Å². The van der Waals surface area contributed by atoms with E-state index in [1.165, 1.54) is 45.1 Å². The molecule has 30 heavy (non-hydrogen) atoms. The van der Waals surface area contributed by atoms with Crippen molar-refractivity contribution in [3.8, 4) is 5.69 Å². The normalized spacial score (nSPS) is 14.8. The first-order chi connectivity index (χ1) is 14.5. The van der Waals surface area contributed by atoms with Gasteiger partial charge in [-0.25, -0.2) is 0 Å². The van der Waals surface area contributed by atoms with Crippen molar-refractivity contribution in [2.45, 2.75) is 59.8 Å². The van der Waals surface area contributed by atoms with Crippen LogP contribution in [-0.4, -0.2) is 10.3 Å². The lowest BCUT2D eigenvalue weighted by molar-refractivity contribution is 0.862. The fourth-order valence-corrected chi connectivity index (χ4v) is 4.49. The van der Waals surface area contributed by atoms with Gasteiger partial charge in [-0.1, -0.05) is 56.3 Å². The van der Waals surface area contributed by atoms with Gasteiger partial charge in [-0.3, -0.25) is 4.99 Å². The van der Waals surface area contributed by atoms with E-state index in [-0.39, 0.29) is 0 Å². The van der Waals surface area contributed by atoms with Gasteiger partial charge in [-0.05, 0) is 75.3 Å². The van der Waals surface area contributed by atoms with Crippen molar-refractivity contribution in [3.05, 3.63) is 94.3 Å². The van der Waals surface area contributed by atoms with Gasteiger partial charge in [-0.2, -0.15) is 0 Å². The molecule has 154 valence electrons. The predicted molar refractivity (Wildman–Crippen MR) is 129 cm³/mol. The molecule has 0 amide bonds. The molecular formula is C28H32N2. The first-order valence-corrected chi connectivity index (χ1v) is 11.1. The number of hydrogen-bond donors (Lipinski definition) is 0. The van der Waals surface area contributed by atoms with E-state index in [2.05, 4.69) is 99.8 Å². The van der Waals surface area contributed by atoms with Crippen LogP contribution in [-0.2, 0) is 0 Å². The summed E-state index contributed by atoms with van der Waals surface area (Å²) in [5.74, 6) is 0.549. The molecule has 0 saturated carbocycles. The molecule has 0 atom stereocenters. The molecule has 2 heteroatoms. The molecule has 2 nitrogen and oxygen atoms in total. The van der Waals surface area contributed by atoms with E-state index in [4.69, 9.17) is 4.99 Å². The summed E-state index contributed by atoms with van der Waals surface area (Å²) in [5.41, 5.74) is 11.4. The molecule has 0 spiro atoms. The van der Waals surface area contributed by atoms with Crippen molar-refractivity contribution >= 4 is 11.4 Å². The molecule has 4 rings (SSSR count). The lowest BCUT2D eigenvalue weighted by atomic mass is 10.0. The third-order valence-electron chi connectivity index (χ3n) is 6.22. The second kappa shape index (κ2) is 8.47. The third kappa shape index (κ3) is 3.92. The van der Waals surface area contributed by atoms with E-state index in [9.17, 15) is 0 Å². The van der Waals surface area contributed by atoms with E-state index in [0.717, 1.165) is 25.0 Å². The Balaban J connectivity index is 1.77. The average Bonchev–Trinajstić information content (AvgIpc) is 2.91. The van der Waals surface area contributed by atoms with Gasteiger partial charge in [0.1, 0.15) is 0 Å². The fraction of sp³-hybridized carbons (Fsp3) is 0.321. The third-order valence-corrected chi connectivity index (χ3v) is 6.22. The van der Waals surface area contributed by atoms with Crippen LogP contribution >= 0.6 is 0 Å². The standard InChI is InChI=1S/C28H32N2/c1-19(2)23-14-16-25(17-15-23)30-21(4)18-26(22(30)5)27-13-9-10-20(3)28(29-27)24-11-7-6-8-12-24/h6-8,11-12,14-19H,9-10,13H2,1-5H3. The lowest BCUT2D eigenvalue weighted by Gasteiger charge is -2.13. The SMILES string of the molecule is CC1=C(c2ccccc2)N=C(c2cc(C)n(-c3ccc(C(C)C)cc3)c2C)CCC1. The molecule has 3 aromatic rings. The Morgan fingerprint density at radius 1 is 0.867 bits per heavy atom. The highest BCUT2D eigenvalue weighted by Crippen LogP contribution is 2.31. The highest BCUT2D eigenvalue weighted by Gasteiger charge is 2.19. The summed E-state index contributed by atoms with van der Waals surface area (Å²) < 4.78 is 2.37. The molecule has 2 aromatic carbocycles. The van der Waals surface area contributed by atoms with E-state index in [1.54, 1.807) is 0 Å². The first kappa shape index (κ1) is 20.4. The van der Waals surface area contributed by atoms with Gasteiger partial charge in [-0.15, -0.1) is 0 Å². The lowest BCUT2D eigenvalue weighted by Crippen LogP contribution is -2.04. The van der Waals surface area contributed by atoms with Crippen LogP contribution in [0.3, 0.4) is 0 Å². The second-order valence-corrected chi connectivity index (χ2v) is 8.77. The monoisotopic (exact) mass is 396 g/mol. The number of aromatic nitrogens is 1. The predicted octanol–water partition coefficient (Wildman–Crippen LogP) is 7.62. The number of allylic oxidation sites excluding steroid dienone is 1. The molecule has 0 aliphatic carbocycles. The van der Waals surface area contributed by atoms with Gasteiger partial charge < -0.3 is 4.57 Å². The summed E-state index contributed by atoms with van der Waals surface area (Å²) >= 11 is 0. The zero-order chi connectivity index (χ0) is 21.3. The average molecular weight is 397 g/mol. The number of aliphatic imine (C=N–C) groups is 1. The van der Waals surface area contributed by atoms with Crippen LogP contribution in [0.1, 0.15) is 74.0 Å². The van der Waals surface area contributed by atoms with Crippen LogP contribution in [0.4, 0.5) is 0 Å². The summed E-state index contributed by atoms with van der Waals surface area (Å²) in [5, 5.41) is 0. The Labute approximate surface area is 181 Å². The van der Waals surface area contributed by atoms with Crippen molar-refractivity contribution in [2.75, 3.05) is 0 Å². The topological polar surface area (TPSA) is 17.3 Å². The molecule has 0 unspecified atom stereocenters. The number of nitrogens with zero attached hydrogens (tertiary/aromatic N) is 2. The minimum atomic E-state index is 0.549. The zero-order valence-corrected chi connectivity index (χ0v) is 18.9. The van der Waals surface area contributed by atoms with Crippen molar-refractivity contribution < 1.29 is 0 Å². The smallest absolute Gasteiger partial charge is 0.0694 e. The Morgan fingerprint density at radius 2 is 1.57 bits per heavy atom. The van der Waals surface area contributed by atoms with Crippen molar-refractivity contribution in [3.63, 3.8) is 0 Å². The summed E-state index contributed by atoms with van der Waals surface area (Å²) in [6, 6.07) is 21.9. The zero-order valence-electron chi connectivity index (χ0n) is 18.9. The maximum Gasteiger partial charge on any atom is 0.0694 e. The fourth-order valence-electron chi connectivity index (χ4n) is 4.49. The largest absolute Gasteiger partial charge is 0.318 e. The quantitative estimate of drug-likeness (QED) is 0.431. The summed E-state index contributed by atoms with van der Waals surface area (Å²) in [6.07, 6.45) is 3.27. The maximum atomic E-state index is 5.23. The molecule has 1 aromatic heterocycles. The van der Waals surface area contributed by atoms with E-state index >= 15 is 0 Å². The summed E-state index contributed by atoms with van der Waals surface area (Å²) in [7, 11) is 0. The van der Waals surface area contributed by atoms with E-state index < -0.39 is 0 Å². The number of rotatable bonds is 4. The molecule has 0 N–H and O–H groups in total. The van der Waals surface area contributed by atoms with Gasteiger partial charge in [0.2, 0.25) is 0 Å². The highest BCUT2D eigenvalue weighted by atomic mass is 15.0. The minimum absolute atomic E-state index is 0.549. The number of benzene rings is 2. The van der Waals surface area contributed by atoms with E-state index in [0.29, 0.717) is 5.92 Å². The maximum absolute atomic E-state index is 5.23. The Hall–Kier alpha value is -2.87. The van der Waals surface area contributed by atoms with Crippen molar-refractivity contribution in [1.82, 2.24) is 4.57 Å². The van der Waals surface area contributed by atoms with Gasteiger partial charge in [0, 0.05) is 28.2 Å². The number of hydrogen-bond acceptors (Lipinski definition) is 1. The molecule has 0 fully saturated rings.